The van der Waals surface area contributed by atoms with Crippen LogP contribution >= 0.6 is 0 Å². The molecule has 0 aliphatic heterocycles. The molecule has 4 fully saturated rings. The number of H-pyrrole nitrogens is 1. The van der Waals surface area contributed by atoms with Crippen LogP contribution in [-0.4, -0.2) is 54.2 Å². The molecule has 0 radical (unpaired) electrons. The van der Waals surface area contributed by atoms with E-state index in [2.05, 4.69) is 33.2 Å². The monoisotopic (exact) mass is 627 g/mol. The molecule has 7 rings (SSSR count). The number of carbonyl (C=O) groups is 3. The van der Waals surface area contributed by atoms with Gasteiger partial charge in [-0.15, -0.1) is 0 Å². The number of amides is 3. The van der Waals surface area contributed by atoms with E-state index in [-0.39, 0.29) is 17.9 Å². The summed E-state index contributed by atoms with van der Waals surface area (Å²) in [6.07, 6.45) is 9.17. The summed E-state index contributed by atoms with van der Waals surface area (Å²) in [5.74, 6) is 2.14. The minimum absolute atomic E-state index is 0.0452. The van der Waals surface area contributed by atoms with Crippen molar-refractivity contribution in [2.24, 2.45) is 23.7 Å². The molecule has 4 bridgehead atoms. The van der Waals surface area contributed by atoms with Crippen LogP contribution < -0.4 is 21.3 Å². The quantitative estimate of drug-likeness (QED) is 0.161. The van der Waals surface area contributed by atoms with E-state index in [4.69, 9.17) is 4.74 Å². The maximum absolute atomic E-state index is 14.0. The summed E-state index contributed by atoms with van der Waals surface area (Å²) < 4.78 is 6.17. The highest BCUT2D eigenvalue weighted by Crippen LogP contribution is 2.54. The van der Waals surface area contributed by atoms with E-state index in [0.29, 0.717) is 44.3 Å². The summed E-state index contributed by atoms with van der Waals surface area (Å²) in [7, 11) is 0. The maximum Gasteiger partial charge on any atom is 0.408 e. The number of rotatable bonds is 14. The Bertz CT molecular complexity index is 1510. The number of para-hydroxylation sites is 1. The minimum Gasteiger partial charge on any atom is -0.446 e. The molecule has 1 atom stereocenters. The largest absolute Gasteiger partial charge is 0.446 e. The van der Waals surface area contributed by atoms with Crippen molar-refractivity contribution >= 4 is 28.8 Å². The number of benzene rings is 2. The van der Waals surface area contributed by atoms with E-state index < -0.39 is 11.6 Å². The Balaban J connectivity index is 1.11. The molecule has 46 heavy (non-hydrogen) atoms. The average Bonchev–Trinajstić information content (AvgIpc) is 3.44. The molecule has 1 unspecified atom stereocenters. The lowest BCUT2D eigenvalue weighted by Gasteiger charge is -2.53. The van der Waals surface area contributed by atoms with Crippen LogP contribution in [0.2, 0.25) is 0 Å². The fourth-order valence-corrected chi connectivity index (χ4v) is 8.40. The second kappa shape index (κ2) is 14.3. The third-order valence-electron chi connectivity index (χ3n) is 10.5. The normalized spacial score (nSPS) is 24.3. The first-order valence-corrected chi connectivity index (χ1v) is 17.2. The van der Waals surface area contributed by atoms with Gasteiger partial charge in [0, 0.05) is 36.6 Å². The van der Waals surface area contributed by atoms with Crippen LogP contribution in [0.3, 0.4) is 0 Å². The Morgan fingerprint density at radius 2 is 1.57 bits per heavy atom. The van der Waals surface area contributed by atoms with Gasteiger partial charge < -0.3 is 31.0 Å². The van der Waals surface area contributed by atoms with E-state index in [1.165, 1.54) is 6.42 Å². The molecule has 4 aliphatic carbocycles. The molecule has 5 N–H and O–H groups in total. The van der Waals surface area contributed by atoms with Gasteiger partial charge in [0.15, 0.2) is 0 Å². The van der Waals surface area contributed by atoms with Crippen LogP contribution in [0.25, 0.3) is 10.9 Å². The molecule has 4 aliphatic rings. The van der Waals surface area contributed by atoms with Crippen molar-refractivity contribution in [3.8, 4) is 0 Å². The summed E-state index contributed by atoms with van der Waals surface area (Å²) in [5.41, 5.74) is 2.78. The zero-order valence-electron chi connectivity index (χ0n) is 27.2. The second-order valence-electron chi connectivity index (χ2n) is 14.0. The first-order chi connectivity index (χ1) is 22.3. The highest BCUT2D eigenvalue weighted by atomic mass is 16.6. The highest BCUT2D eigenvalue weighted by molar-refractivity contribution is 5.91. The van der Waals surface area contributed by atoms with E-state index in [1.807, 2.05) is 54.7 Å². The molecule has 2 aromatic carbocycles. The SMILES string of the molecule is CCCNCC(=O)NCc1ccccc1CCNC(=O)C(C)(Cc1c[nH]c2ccccc12)NC(=O)OC1C2CC3CC(C2)CC1C3. The Labute approximate surface area is 272 Å². The van der Waals surface area contributed by atoms with Crippen molar-refractivity contribution < 1.29 is 19.1 Å². The van der Waals surface area contributed by atoms with Crippen molar-refractivity contribution in [3.05, 3.63) is 71.4 Å². The zero-order chi connectivity index (χ0) is 32.1. The lowest BCUT2D eigenvalue weighted by atomic mass is 9.55. The first kappa shape index (κ1) is 32.1. The Morgan fingerprint density at radius 1 is 0.870 bits per heavy atom. The summed E-state index contributed by atoms with van der Waals surface area (Å²) in [6, 6.07) is 15.9. The van der Waals surface area contributed by atoms with Crippen LogP contribution in [0, 0.1) is 23.7 Å². The summed E-state index contributed by atoms with van der Waals surface area (Å²) in [5, 5.41) is 13.3. The van der Waals surface area contributed by atoms with Crippen molar-refractivity contribution in [2.75, 3.05) is 19.6 Å². The van der Waals surface area contributed by atoms with Gasteiger partial charge in [-0.2, -0.15) is 0 Å². The Kier molecular flexibility index (Phi) is 9.97. The van der Waals surface area contributed by atoms with Gasteiger partial charge in [0.1, 0.15) is 11.6 Å². The Morgan fingerprint density at radius 3 is 2.30 bits per heavy atom. The Hall–Kier alpha value is -3.85. The molecule has 1 aromatic heterocycles. The molecule has 3 amide bonds. The van der Waals surface area contributed by atoms with Gasteiger partial charge in [-0.25, -0.2) is 4.79 Å². The molecule has 1 heterocycles. The third kappa shape index (κ3) is 7.41. The second-order valence-corrected chi connectivity index (χ2v) is 14.0. The molecule has 246 valence electrons. The highest BCUT2D eigenvalue weighted by Gasteiger charge is 2.50. The number of hydrogen-bond donors (Lipinski definition) is 5. The van der Waals surface area contributed by atoms with Crippen LogP contribution in [-0.2, 0) is 33.7 Å². The molecule has 0 spiro atoms. The number of carbonyl (C=O) groups excluding carboxylic acids is 3. The number of ether oxygens (including phenoxy) is 1. The molecular weight excluding hydrogens is 578 g/mol. The summed E-state index contributed by atoms with van der Waals surface area (Å²) in [4.78, 5) is 43.0. The predicted octanol–water partition coefficient (Wildman–Crippen LogP) is 4.99. The number of nitrogens with one attached hydrogen (secondary N) is 5. The van der Waals surface area contributed by atoms with Crippen molar-refractivity contribution in [1.29, 1.82) is 0 Å². The molecule has 9 nitrogen and oxygen atoms in total. The van der Waals surface area contributed by atoms with E-state index in [0.717, 1.165) is 78.1 Å². The topological polar surface area (TPSA) is 124 Å². The van der Waals surface area contributed by atoms with Crippen LogP contribution in [0.4, 0.5) is 4.79 Å². The average molecular weight is 628 g/mol. The van der Waals surface area contributed by atoms with Crippen LogP contribution in [0.1, 0.15) is 69.1 Å². The van der Waals surface area contributed by atoms with Gasteiger partial charge in [-0.1, -0.05) is 49.4 Å². The zero-order valence-corrected chi connectivity index (χ0v) is 27.2. The molecule has 3 aromatic rings. The predicted molar refractivity (Wildman–Crippen MR) is 179 cm³/mol. The van der Waals surface area contributed by atoms with Gasteiger partial charge >= 0.3 is 6.09 Å². The third-order valence-corrected chi connectivity index (χ3v) is 10.5. The summed E-state index contributed by atoms with van der Waals surface area (Å²) in [6.45, 7) is 5.76. The van der Waals surface area contributed by atoms with Crippen molar-refractivity contribution in [2.45, 2.75) is 83.4 Å². The van der Waals surface area contributed by atoms with Crippen LogP contribution in [0.15, 0.2) is 54.7 Å². The fraction of sp³-hybridized carbons (Fsp3) is 0.541. The molecular formula is C37H49N5O4. The van der Waals surface area contributed by atoms with E-state index >= 15 is 0 Å². The smallest absolute Gasteiger partial charge is 0.408 e. The fourth-order valence-electron chi connectivity index (χ4n) is 8.40. The van der Waals surface area contributed by atoms with Gasteiger partial charge in [-0.3, -0.25) is 9.59 Å². The lowest BCUT2D eigenvalue weighted by molar-refractivity contribution is -0.127. The number of hydrogen-bond acceptors (Lipinski definition) is 5. The van der Waals surface area contributed by atoms with Crippen LogP contribution in [0.5, 0.6) is 0 Å². The minimum atomic E-state index is -1.23. The summed E-state index contributed by atoms with van der Waals surface area (Å²) >= 11 is 0. The van der Waals surface area contributed by atoms with Gasteiger partial charge in [0.05, 0.1) is 6.54 Å². The first-order valence-electron chi connectivity index (χ1n) is 17.2. The maximum atomic E-state index is 14.0. The molecule has 0 saturated heterocycles. The van der Waals surface area contributed by atoms with Crippen molar-refractivity contribution in [3.63, 3.8) is 0 Å². The van der Waals surface area contributed by atoms with Gasteiger partial charge in [-0.05, 0) is 105 Å². The standard InChI is InChI=1S/C37H49N5O4/c1-3-13-38-23-33(43)41-21-27-9-5-4-8-26(27)12-14-39-35(44)37(2,20-30-22-40-32-11-7-6-10-31(30)32)42-36(45)46-34-28-16-24-15-25(18-28)19-29(34)17-24/h4-11,22,24-25,28-29,34,38,40H,3,12-21,23H2,1-2H3,(H,39,44)(H,41,43)(H,42,45). The van der Waals surface area contributed by atoms with E-state index in [1.54, 1.807) is 6.92 Å². The lowest BCUT2D eigenvalue weighted by Crippen LogP contribution is -2.60. The van der Waals surface area contributed by atoms with Crippen molar-refractivity contribution in [1.82, 2.24) is 26.3 Å². The number of aromatic amines is 1. The molecule has 4 saturated carbocycles. The molecule has 9 heteroatoms. The van der Waals surface area contributed by atoms with Gasteiger partial charge in [0.25, 0.3) is 0 Å². The van der Waals surface area contributed by atoms with E-state index in [9.17, 15) is 14.4 Å². The number of fused-ring (bicyclic) bond motifs is 1. The number of alkyl carbamates (subject to hydrolysis) is 1. The number of aromatic nitrogens is 1. The van der Waals surface area contributed by atoms with Gasteiger partial charge in [0.2, 0.25) is 11.8 Å².